The molecule has 4 nitrogen and oxygen atoms in total. The Labute approximate surface area is 138 Å². The molecular formula is C17H27ClN2O2. The Morgan fingerprint density at radius 2 is 1.55 bits per heavy atom. The first-order valence-electron chi connectivity index (χ1n) is 8.51. The molecule has 0 heterocycles. The standard InChI is InChI=1S/C17H27ClN2O2/c1-13(12-18)16(21)20(15-10-6-3-7-11-15)17(22)19-14-8-4-2-5-9-14/h14-15H,1-12H2,(H,19,22). The summed E-state index contributed by atoms with van der Waals surface area (Å²) in [6, 6.07) is -0.0655. The van der Waals surface area contributed by atoms with Crippen molar-refractivity contribution in [1.82, 2.24) is 10.2 Å². The Morgan fingerprint density at radius 1 is 1.00 bits per heavy atom. The Hall–Kier alpha value is -1.03. The minimum Gasteiger partial charge on any atom is -0.335 e. The zero-order valence-corrected chi connectivity index (χ0v) is 14.0. The first-order chi connectivity index (χ1) is 10.6. The normalized spacial score (nSPS) is 20.4. The third kappa shape index (κ3) is 4.48. The molecule has 2 fully saturated rings. The summed E-state index contributed by atoms with van der Waals surface area (Å²) in [6.45, 7) is 3.71. The zero-order chi connectivity index (χ0) is 15.9. The molecule has 0 unspecified atom stereocenters. The monoisotopic (exact) mass is 326 g/mol. The number of urea groups is 1. The predicted molar refractivity (Wildman–Crippen MR) is 89.0 cm³/mol. The number of nitrogens with zero attached hydrogens (tertiary/aromatic N) is 1. The van der Waals surface area contributed by atoms with Crippen molar-refractivity contribution in [2.45, 2.75) is 76.3 Å². The van der Waals surface area contributed by atoms with E-state index in [1.165, 1.54) is 17.7 Å². The minimum absolute atomic E-state index is 0.00944. The van der Waals surface area contributed by atoms with Gasteiger partial charge in [-0.2, -0.15) is 0 Å². The van der Waals surface area contributed by atoms with E-state index in [0.717, 1.165) is 51.4 Å². The van der Waals surface area contributed by atoms with Crippen LogP contribution in [0.5, 0.6) is 0 Å². The van der Waals surface area contributed by atoms with Gasteiger partial charge in [0, 0.05) is 17.7 Å². The highest BCUT2D eigenvalue weighted by Gasteiger charge is 2.33. The maximum absolute atomic E-state index is 12.7. The molecule has 0 radical (unpaired) electrons. The minimum atomic E-state index is -0.310. The van der Waals surface area contributed by atoms with Gasteiger partial charge in [-0.05, 0) is 25.7 Å². The lowest BCUT2D eigenvalue weighted by Crippen LogP contribution is -2.53. The molecule has 3 amide bonds. The van der Waals surface area contributed by atoms with Crippen LogP contribution in [0.1, 0.15) is 64.2 Å². The van der Waals surface area contributed by atoms with E-state index in [1.54, 1.807) is 0 Å². The van der Waals surface area contributed by atoms with Crippen LogP contribution in [-0.2, 0) is 4.79 Å². The number of carbonyl (C=O) groups is 2. The second-order valence-electron chi connectivity index (χ2n) is 6.49. The predicted octanol–water partition coefficient (Wildman–Crippen LogP) is 3.99. The summed E-state index contributed by atoms with van der Waals surface area (Å²) in [5.74, 6) is -0.242. The summed E-state index contributed by atoms with van der Waals surface area (Å²) in [5.41, 5.74) is 0.297. The molecule has 0 saturated heterocycles. The van der Waals surface area contributed by atoms with Gasteiger partial charge in [-0.25, -0.2) is 4.79 Å². The Morgan fingerprint density at radius 3 is 2.09 bits per heavy atom. The van der Waals surface area contributed by atoms with Gasteiger partial charge in [0.05, 0.1) is 5.88 Å². The molecule has 0 atom stereocenters. The van der Waals surface area contributed by atoms with Gasteiger partial charge in [0.25, 0.3) is 5.91 Å². The second-order valence-corrected chi connectivity index (χ2v) is 6.76. The average Bonchev–Trinajstić information content (AvgIpc) is 2.56. The number of hydrogen-bond donors (Lipinski definition) is 1. The number of carbonyl (C=O) groups excluding carboxylic acids is 2. The van der Waals surface area contributed by atoms with Crippen LogP contribution in [0.15, 0.2) is 12.2 Å². The van der Waals surface area contributed by atoms with E-state index in [9.17, 15) is 9.59 Å². The Balaban J connectivity index is 2.06. The molecule has 0 spiro atoms. The molecule has 0 aromatic rings. The molecule has 5 heteroatoms. The molecule has 2 rings (SSSR count). The van der Waals surface area contributed by atoms with Gasteiger partial charge in [0.2, 0.25) is 0 Å². The van der Waals surface area contributed by atoms with E-state index in [2.05, 4.69) is 11.9 Å². The van der Waals surface area contributed by atoms with Crippen LogP contribution < -0.4 is 5.32 Å². The molecule has 0 aromatic heterocycles. The van der Waals surface area contributed by atoms with Gasteiger partial charge in [-0.1, -0.05) is 45.1 Å². The van der Waals surface area contributed by atoms with E-state index >= 15 is 0 Å². The van der Waals surface area contributed by atoms with Crippen LogP contribution in [0, 0.1) is 0 Å². The van der Waals surface area contributed by atoms with Crippen molar-refractivity contribution >= 4 is 23.5 Å². The molecule has 1 N–H and O–H groups in total. The van der Waals surface area contributed by atoms with Crippen molar-refractivity contribution in [3.8, 4) is 0 Å². The van der Waals surface area contributed by atoms with Crippen LogP contribution in [0.2, 0.25) is 0 Å². The first kappa shape index (κ1) is 17.3. The lowest BCUT2D eigenvalue weighted by molar-refractivity contribution is -0.126. The van der Waals surface area contributed by atoms with Crippen molar-refractivity contribution in [2.75, 3.05) is 5.88 Å². The van der Waals surface area contributed by atoms with Crippen molar-refractivity contribution in [2.24, 2.45) is 0 Å². The van der Waals surface area contributed by atoms with Crippen molar-refractivity contribution in [1.29, 1.82) is 0 Å². The van der Waals surface area contributed by atoms with Crippen LogP contribution in [-0.4, -0.2) is 34.8 Å². The lowest BCUT2D eigenvalue weighted by Gasteiger charge is -2.34. The van der Waals surface area contributed by atoms with Crippen LogP contribution in [0.4, 0.5) is 4.79 Å². The number of rotatable bonds is 4. The number of nitrogens with one attached hydrogen (secondary N) is 1. The summed E-state index contributed by atoms with van der Waals surface area (Å²) in [7, 11) is 0. The van der Waals surface area contributed by atoms with Gasteiger partial charge in [-0.3, -0.25) is 9.69 Å². The van der Waals surface area contributed by atoms with Gasteiger partial charge in [0.15, 0.2) is 0 Å². The topological polar surface area (TPSA) is 49.4 Å². The Kier molecular flexibility index (Phi) is 6.74. The molecule has 124 valence electrons. The van der Waals surface area contributed by atoms with Crippen molar-refractivity contribution in [3.63, 3.8) is 0 Å². The van der Waals surface area contributed by atoms with Gasteiger partial charge < -0.3 is 5.32 Å². The number of amides is 3. The second kappa shape index (κ2) is 8.56. The fourth-order valence-electron chi connectivity index (χ4n) is 3.48. The molecular weight excluding hydrogens is 300 g/mol. The van der Waals surface area contributed by atoms with E-state index in [1.807, 2.05) is 0 Å². The highest BCUT2D eigenvalue weighted by molar-refractivity contribution is 6.23. The van der Waals surface area contributed by atoms with E-state index in [0.29, 0.717) is 5.57 Å². The fourth-order valence-corrected chi connectivity index (χ4v) is 3.60. The number of halogens is 1. The van der Waals surface area contributed by atoms with Crippen LogP contribution in [0.25, 0.3) is 0 Å². The number of hydrogen-bond acceptors (Lipinski definition) is 2. The highest BCUT2D eigenvalue weighted by Crippen LogP contribution is 2.25. The summed E-state index contributed by atoms with van der Waals surface area (Å²) in [5, 5.41) is 3.06. The number of imide groups is 1. The number of alkyl halides is 1. The molecule has 2 aliphatic carbocycles. The lowest BCUT2D eigenvalue weighted by atomic mass is 9.93. The maximum atomic E-state index is 12.7. The fraction of sp³-hybridized carbons (Fsp3) is 0.765. The zero-order valence-electron chi connectivity index (χ0n) is 13.3. The summed E-state index contributed by atoms with van der Waals surface area (Å²) >= 11 is 5.75. The third-order valence-electron chi connectivity index (χ3n) is 4.77. The molecule has 0 bridgehead atoms. The SMILES string of the molecule is C=C(CCl)C(=O)N(C(=O)NC1CCCCC1)C1CCCCC1. The summed E-state index contributed by atoms with van der Waals surface area (Å²) < 4.78 is 0. The molecule has 0 aliphatic heterocycles. The maximum Gasteiger partial charge on any atom is 0.324 e. The highest BCUT2D eigenvalue weighted by atomic mass is 35.5. The molecule has 2 aliphatic rings. The molecule has 22 heavy (non-hydrogen) atoms. The van der Waals surface area contributed by atoms with E-state index in [-0.39, 0.29) is 29.9 Å². The smallest absolute Gasteiger partial charge is 0.324 e. The molecule has 0 aromatic carbocycles. The van der Waals surface area contributed by atoms with Gasteiger partial charge in [0.1, 0.15) is 0 Å². The van der Waals surface area contributed by atoms with E-state index in [4.69, 9.17) is 11.6 Å². The quantitative estimate of drug-likeness (QED) is 0.627. The van der Waals surface area contributed by atoms with Crippen LogP contribution >= 0.6 is 11.6 Å². The average molecular weight is 327 g/mol. The van der Waals surface area contributed by atoms with Gasteiger partial charge in [-0.15, -0.1) is 11.6 Å². The van der Waals surface area contributed by atoms with E-state index < -0.39 is 0 Å². The molecule has 2 saturated carbocycles. The third-order valence-corrected chi connectivity index (χ3v) is 5.10. The first-order valence-corrected chi connectivity index (χ1v) is 9.04. The Bertz CT molecular complexity index is 413. The summed E-state index contributed by atoms with van der Waals surface area (Å²) in [6.07, 6.45) is 10.6. The largest absolute Gasteiger partial charge is 0.335 e. The van der Waals surface area contributed by atoms with Crippen molar-refractivity contribution in [3.05, 3.63) is 12.2 Å². The van der Waals surface area contributed by atoms with Crippen LogP contribution in [0.3, 0.4) is 0 Å². The summed E-state index contributed by atoms with van der Waals surface area (Å²) in [4.78, 5) is 26.6. The van der Waals surface area contributed by atoms with Gasteiger partial charge >= 0.3 is 6.03 Å². The van der Waals surface area contributed by atoms with Crippen molar-refractivity contribution < 1.29 is 9.59 Å².